The number of aliphatic hydroxyl groups excluding tert-OH is 1. The largest absolute Gasteiger partial charge is 0.391 e. The predicted molar refractivity (Wildman–Crippen MR) is 72.6 cm³/mol. The Labute approximate surface area is 117 Å². The third-order valence-corrected chi connectivity index (χ3v) is 3.00. The second-order valence-electron chi connectivity index (χ2n) is 5.14. The molecule has 0 radical (unpaired) electrons. The van der Waals surface area contributed by atoms with Gasteiger partial charge in [0.1, 0.15) is 5.82 Å². The van der Waals surface area contributed by atoms with Gasteiger partial charge in [-0.25, -0.2) is 4.39 Å². The number of nitrogens with one attached hydrogen (secondary N) is 2. The van der Waals surface area contributed by atoms with Gasteiger partial charge in [0, 0.05) is 5.56 Å². The van der Waals surface area contributed by atoms with Crippen molar-refractivity contribution in [2.24, 2.45) is 0 Å². The molecule has 3 N–H and O–H groups in total. The maximum absolute atomic E-state index is 13.0. The second kappa shape index (κ2) is 6.47. The summed E-state index contributed by atoms with van der Waals surface area (Å²) < 4.78 is 13.0. The van der Waals surface area contributed by atoms with Crippen molar-refractivity contribution in [3.05, 3.63) is 35.6 Å². The van der Waals surface area contributed by atoms with Crippen molar-refractivity contribution in [3.63, 3.8) is 0 Å². The lowest BCUT2D eigenvalue weighted by Gasteiger charge is -2.29. The third-order valence-electron chi connectivity index (χ3n) is 3.00. The molecule has 0 saturated heterocycles. The van der Waals surface area contributed by atoms with Crippen LogP contribution in [0.4, 0.5) is 4.39 Å². The maximum Gasteiger partial charge on any atom is 0.251 e. The van der Waals surface area contributed by atoms with Gasteiger partial charge in [0.2, 0.25) is 5.91 Å². The number of rotatable bonds is 5. The summed E-state index contributed by atoms with van der Waals surface area (Å²) in [7, 11) is 0. The van der Waals surface area contributed by atoms with Crippen LogP contribution < -0.4 is 10.6 Å². The molecule has 2 amide bonds. The second-order valence-corrected chi connectivity index (χ2v) is 5.14. The summed E-state index contributed by atoms with van der Waals surface area (Å²) in [6.07, 6.45) is -0.731. The lowest BCUT2D eigenvalue weighted by Crippen LogP contribution is -2.53. The van der Waals surface area contributed by atoms with Crippen molar-refractivity contribution in [1.82, 2.24) is 10.6 Å². The van der Waals surface area contributed by atoms with Crippen LogP contribution in [0.1, 0.15) is 31.1 Å². The number of carbonyl (C=O) groups is 2. The van der Waals surface area contributed by atoms with E-state index in [0.717, 1.165) is 6.07 Å². The highest BCUT2D eigenvalue weighted by molar-refractivity contribution is 5.96. The van der Waals surface area contributed by atoms with Gasteiger partial charge in [-0.1, -0.05) is 6.07 Å². The van der Waals surface area contributed by atoms with Crippen LogP contribution in [0.3, 0.4) is 0 Å². The Morgan fingerprint density at radius 1 is 1.40 bits per heavy atom. The Hall–Kier alpha value is -1.95. The number of halogens is 1. The third kappa shape index (κ3) is 4.62. The average Bonchev–Trinajstić information content (AvgIpc) is 2.35. The molecule has 20 heavy (non-hydrogen) atoms. The summed E-state index contributed by atoms with van der Waals surface area (Å²) in [6.45, 7) is 4.66. The fraction of sp³-hybridized carbons (Fsp3) is 0.429. The minimum absolute atomic E-state index is 0.146. The van der Waals surface area contributed by atoms with Crippen molar-refractivity contribution < 1.29 is 19.1 Å². The van der Waals surface area contributed by atoms with E-state index in [4.69, 9.17) is 0 Å². The summed E-state index contributed by atoms with van der Waals surface area (Å²) in [5.41, 5.74) is -0.645. The quantitative estimate of drug-likeness (QED) is 0.748. The van der Waals surface area contributed by atoms with Crippen molar-refractivity contribution in [2.75, 3.05) is 6.54 Å². The van der Waals surface area contributed by atoms with Crippen molar-refractivity contribution in [3.8, 4) is 0 Å². The molecule has 110 valence electrons. The molecule has 1 atom stereocenters. The van der Waals surface area contributed by atoms with Gasteiger partial charge in [-0.15, -0.1) is 0 Å². The molecule has 0 aliphatic rings. The molecule has 0 heterocycles. The van der Waals surface area contributed by atoms with Crippen LogP contribution in [0.5, 0.6) is 0 Å². The zero-order chi connectivity index (χ0) is 15.3. The molecule has 1 aromatic carbocycles. The number of hydrogen-bond acceptors (Lipinski definition) is 3. The van der Waals surface area contributed by atoms with Crippen molar-refractivity contribution in [2.45, 2.75) is 32.4 Å². The molecule has 0 bridgehead atoms. The highest BCUT2D eigenvalue weighted by atomic mass is 19.1. The molecule has 1 unspecified atom stereocenters. The molecule has 6 heteroatoms. The van der Waals surface area contributed by atoms with Gasteiger partial charge >= 0.3 is 0 Å². The minimum atomic E-state index is -0.791. The normalized spacial score (nSPS) is 12.7. The summed E-state index contributed by atoms with van der Waals surface area (Å²) in [5, 5.41) is 14.5. The van der Waals surface area contributed by atoms with E-state index in [1.165, 1.54) is 18.2 Å². The predicted octanol–water partition coefficient (Wildman–Crippen LogP) is 0.831. The molecule has 0 aromatic heterocycles. The number of aliphatic hydroxyl groups is 1. The van der Waals surface area contributed by atoms with Gasteiger partial charge in [0.25, 0.3) is 5.91 Å². The molecular formula is C14H19FN2O3. The smallest absolute Gasteiger partial charge is 0.251 e. The number of hydrogen-bond donors (Lipinski definition) is 3. The first-order valence-corrected chi connectivity index (χ1v) is 6.25. The van der Waals surface area contributed by atoms with Crippen LogP contribution in [0.2, 0.25) is 0 Å². The summed E-state index contributed by atoms with van der Waals surface area (Å²) in [5.74, 6) is -1.48. The molecule has 1 rings (SSSR count). The average molecular weight is 282 g/mol. The highest BCUT2D eigenvalue weighted by Crippen LogP contribution is 2.07. The fourth-order valence-electron chi connectivity index (χ4n) is 1.40. The molecule has 0 aliphatic carbocycles. The minimum Gasteiger partial charge on any atom is -0.391 e. The Bertz CT molecular complexity index is 501. The maximum atomic E-state index is 13.0. The lowest BCUT2D eigenvalue weighted by atomic mass is 9.99. The van der Waals surface area contributed by atoms with E-state index in [2.05, 4.69) is 10.6 Å². The molecule has 5 nitrogen and oxygen atoms in total. The van der Waals surface area contributed by atoms with Gasteiger partial charge in [-0.05, 0) is 39.0 Å². The molecular weight excluding hydrogens is 263 g/mol. The van der Waals surface area contributed by atoms with Crippen molar-refractivity contribution >= 4 is 11.8 Å². The monoisotopic (exact) mass is 282 g/mol. The van der Waals surface area contributed by atoms with Crippen LogP contribution in [0.15, 0.2) is 24.3 Å². The van der Waals surface area contributed by atoms with Gasteiger partial charge in [0.15, 0.2) is 0 Å². The molecule has 0 aliphatic heterocycles. The van der Waals surface area contributed by atoms with Crippen LogP contribution in [0.25, 0.3) is 0 Å². The first-order valence-electron chi connectivity index (χ1n) is 6.25. The van der Waals surface area contributed by atoms with E-state index in [9.17, 15) is 19.1 Å². The molecule has 1 aromatic rings. The van der Waals surface area contributed by atoms with E-state index in [-0.39, 0.29) is 12.1 Å². The van der Waals surface area contributed by atoms with Gasteiger partial charge < -0.3 is 15.7 Å². The first kappa shape index (κ1) is 16.1. The highest BCUT2D eigenvalue weighted by Gasteiger charge is 2.25. The van der Waals surface area contributed by atoms with E-state index in [1.807, 2.05) is 0 Å². The van der Waals surface area contributed by atoms with Gasteiger partial charge in [0.05, 0.1) is 18.2 Å². The Morgan fingerprint density at radius 3 is 2.60 bits per heavy atom. The van der Waals surface area contributed by atoms with Gasteiger partial charge in [-0.3, -0.25) is 9.59 Å². The zero-order valence-corrected chi connectivity index (χ0v) is 11.7. The summed E-state index contributed by atoms with van der Waals surface area (Å²) in [6, 6.07) is 5.19. The lowest BCUT2D eigenvalue weighted by molar-refractivity contribution is -0.123. The van der Waals surface area contributed by atoms with Crippen LogP contribution >= 0.6 is 0 Å². The Kier molecular flexibility index (Phi) is 5.21. The first-order chi connectivity index (χ1) is 9.22. The Balaban J connectivity index is 2.51. The van der Waals surface area contributed by atoms with E-state index in [0.29, 0.717) is 0 Å². The summed E-state index contributed by atoms with van der Waals surface area (Å²) >= 11 is 0. The standard InChI is InChI=1S/C14H19FN2O3/c1-9(18)14(2,3)17-12(19)8-16-13(20)10-5-4-6-11(15)7-10/h4-7,9,18H,8H2,1-3H3,(H,16,20)(H,17,19). The van der Waals surface area contributed by atoms with Crippen LogP contribution in [-0.2, 0) is 4.79 Å². The Morgan fingerprint density at radius 2 is 2.05 bits per heavy atom. The SMILES string of the molecule is CC(O)C(C)(C)NC(=O)CNC(=O)c1cccc(F)c1. The number of benzene rings is 1. The number of carbonyl (C=O) groups excluding carboxylic acids is 2. The molecule has 0 saturated carbocycles. The van der Waals surface area contributed by atoms with Crippen LogP contribution in [-0.4, -0.2) is 35.1 Å². The summed E-state index contributed by atoms with van der Waals surface area (Å²) in [4.78, 5) is 23.3. The van der Waals surface area contributed by atoms with E-state index < -0.39 is 29.3 Å². The number of amides is 2. The van der Waals surface area contributed by atoms with E-state index >= 15 is 0 Å². The molecule has 0 spiro atoms. The van der Waals surface area contributed by atoms with Gasteiger partial charge in [-0.2, -0.15) is 0 Å². The van der Waals surface area contributed by atoms with Crippen LogP contribution in [0, 0.1) is 5.82 Å². The van der Waals surface area contributed by atoms with E-state index in [1.54, 1.807) is 20.8 Å². The topological polar surface area (TPSA) is 78.4 Å². The molecule has 0 fully saturated rings. The fourth-order valence-corrected chi connectivity index (χ4v) is 1.40. The van der Waals surface area contributed by atoms with Crippen molar-refractivity contribution in [1.29, 1.82) is 0 Å². The zero-order valence-electron chi connectivity index (χ0n) is 11.7.